The Morgan fingerprint density at radius 2 is 1.57 bits per heavy atom. The summed E-state index contributed by atoms with van der Waals surface area (Å²) in [6.07, 6.45) is 0. The zero-order chi connectivity index (χ0) is 21.1. The van der Waals surface area contributed by atoms with Gasteiger partial charge < -0.3 is 14.6 Å². The van der Waals surface area contributed by atoms with Crippen LogP contribution in [0.4, 0.5) is 5.69 Å². The molecule has 0 heterocycles. The van der Waals surface area contributed by atoms with Crippen LogP contribution in [0.5, 0.6) is 11.5 Å². The number of carboxylic acids is 1. The summed E-state index contributed by atoms with van der Waals surface area (Å²) in [6, 6.07) is 7.04. The third kappa shape index (κ3) is 4.35. The summed E-state index contributed by atoms with van der Waals surface area (Å²) in [5.74, 6) is -1.35. The van der Waals surface area contributed by atoms with E-state index in [-0.39, 0.29) is 27.0 Å². The summed E-state index contributed by atoms with van der Waals surface area (Å²) in [5.41, 5.74) is -0.726. The molecule has 0 fully saturated rings. The number of nitrogens with one attached hydrogen (secondary N) is 2. The van der Waals surface area contributed by atoms with Crippen molar-refractivity contribution in [3.63, 3.8) is 0 Å². The fourth-order valence-electron chi connectivity index (χ4n) is 2.26. The molecule has 0 aromatic heterocycles. The Balaban J connectivity index is 2.59. The maximum Gasteiger partial charge on any atom is 0.338 e. The third-order valence-corrected chi connectivity index (χ3v) is 6.45. The molecule has 2 aromatic carbocycles. The van der Waals surface area contributed by atoms with Crippen LogP contribution in [0.1, 0.15) is 10.4 Å². The average molecular weight is 430 g/mol. The van der Waals surface area contributed by atoms with E-state index in [4.69, 9.17) is 9.47 Å². The molecule has 0 saturated heterocycles. The van der Waals surface area contributed by atoms with Crippen molar-refractivity contribution in [3.8, 4) is 11.5 Å². The number of carboxylic acid groups (broad SMARTS) is 1. The molecule has 0 spiro atoms. The van der Waals surface area contributed by atoms with Crippen LogP contribution >= 0.6 is 0 Å². The predicted molar refractivity (Wildman–Crippen MR) is 100 cm³/mol. The molecule has 0 aliphatic heterocycles. The van der Waals surface area contributed by atoms with E-state index in [1.807, 2.05) is 0 Å². The number of methoxy groups -OCH3 is 2. The lowest BCUT2D eigenvalue weighted by molar-refractivity contribution is 0.0697. The minimum Gasteiger partial charge on any atom is -0.497 e. The summed E-state index contributed by atoms with van der Waals surface area (Å²) in [7, 11) is -4.47. The number of ether oxygens (including phenoxy) is 2. The Hall–Kier alpha value is -2.83. The van der Waals surface area contributed by atoms with Gasteiger partial charge in [-0.2, -0.15) is 0 Å². The number of sulfonamides is 2. The van der Waals surface area contributed by atoms with E-state index in [0.29, 0.717) is 0 Å². The predicted octanol–water partition coefficient (Wildman–Crippen LogP) is 1.11. The molecule has 2 rings (SSSR count). The summed E-state index contributed by atoms with van der Waals surface area (Å²) in [5, 5.41) is 9.42. The lowest BCUT2D eigenvalue weighted by atomic mass is 10.1. The maximum atomic E-state index is 12.8. The molecule has 0 amide bonds. The minimum atomic E-state index is -4.34. The van der Waals surface area contributed by atoms with Crippen LogP contribution in [-0.4, -0.2) is 49.2 Å². The fourth-order valence-corrected chi connectivity index (χ4v) is 4.25. The highest BCUT2D eigenvalue weighted by Gasteiger charge is 2.24. The highest BCUT2D eigenvalue weighted by atomic mass is 32.2. The van der Waals surface area contributed by atoms with Crippen molar-refractivity contribution in [3.05, 3.63) is 42.0 Å². The van der Waals surface area contributed by atoms with Crippen LogP contribution in [0.25, 0.3) is 0 Å². The van der Waals surface area contributed by atoms with Crippen LogP contribution in [-0.2, 0) is 20.0 Å². The molecule has 0 bridgehead atoms. The monoisotopic (exact) mass is 430 g/mol. The first-order valence-electron chi connectivity index (χ1n) is 7.61. The van der Waals surface area contributed by atoms with Gasteiger partial charge in [-0.25, -0.2) is 26.4 Å². The van der Waals surface area contributed by atoms with Crippen LogP contribution in [0, 0.1) is 0 Å². The first-order valence-corrected chi connectivity index (χ1v) is 10.6. The molecule has 10 nitrogen and oxygen atoms in total. The van der Waals surface area contributed by atoms with Crippen LogP contribution in [0.2, 0.25) is 0 Å². The van der Waals surface area contributed by atoms with Gasteiger partial charge in [-0.3, -0.25) is 4.72 Å². The van der Waals surface area contributed by atoms with Gasteiger partial charge in [-0.15, -0.1) is 0 Å². The molecule has 0 atom stereocenters. The van der Waals surface area contributed by atoms with Gasteiger partial charge in [-0.1, -0.05) is 6.07 Å². The number of hydrogen-bond acceptors (Lipinski definition) is 7. The van der Waals surface area contributed by atoms with Crippen molar-refractivity contribution in [2.45, 2.75) is 9.79 Å². The van der Waals surface area contributed by atoms with Crippen molar-refractivity contribution in [2.24, 2.45) is 0 Å². The van der Waals surface area contributed by atoms with Gasteiger partial charge in [0, 0.05) is 6.07 Å². The molecule has 2 aromatic rings. The fraction of sp³-hybridized carbons (Fsp3) is 0.188. The van der Waals surface area contributed by atoms with Gasteiger partial charge in [0.25, 0.3) is 10.0 Å². The standard InChI is InChI=1S/C16H18N2O8S2/c1-17-27(21,22)11-5-4-6-12(9-11)28(23,24)18-15-13(16(19)20)7-10(25-2)8-14(15)26-3/h4-9,17-18H,1-3H3,(H,19,20). The van der Waals surface area contributed by atoms with Gasteiger partial charge in [0.2, 0.25) is 10.0 Å². The Morgan fingerprint density at radius 1 is 0.964 bits per heavy atom. The van der Waals surface area contributed by atoms with Gasteiger partial charge in [-0.05, 0) is 31.3 Å². The Labute approximate surface area is 162 Å². The SMILES string of the molecule is CNS(=O)(=O)c1cccc(S(=O)(=O)Nc2c(OC)cc(OC)cc2C(=O)O)c1. The Bertz CT molecular complexity index is 1110. The zero-order valence-electron chi connectivity index (χ0n) is 15.1. The van der Waals surface area contributed by atoms with Crippen LogP contribution in [0.3, 0.4) is 0 Å². The van der Waals surface area contributed by atoms with E-state index >= 15 is 0 Å². The lowest BCUT2D eigenvalue weighted by Gasteiger charge is -2.16. The van der Waals surface area contributed by atoms with E-state index in [1.54, 1.807) is 0 Å². The molecule has 0 saturated carbocycles. The van der Waals surface area contributed by atoms with E-state index in [0.717, 1.165) is 12.1 Å². The normalized spacial score (nSPS) is 11.7. The largest absolute Gasteiger partial charge is 0.497 e. The van der Waals surface area contributed by atoms with Crippen molar-refractivity contribution >= 4 is 31.7 Å². The lowest BCUT2D eigenvalue weighted by Crippen LogP contribution is -2.20. The second-order valence-electron chi connectivity index (χ2n) is 5.35. The van der Waals surface area contributed by atoms with Gasteiger partial charge in [0.05, 0.1) is 29.6 Å². The highest BCUT2D eigenvalue weighted by molar-refractivity contribution is 7.93. The molecule has 152 valence electrons. The number of aromatic carboxylic acids is 1. The molecular weight excluding hydrogens is 412 g/mol. The first kappa shape index (κ1) is 21.5. The maximum absolute atomic E-state index is 12.8. The highest BCUT2D eigenvalue weighted by Crippen LogP contribution is 2.35. The quantitative estimate of drug-likeness (QED) is 0.564. The van der Waals surface area contributed by atoms with Gasteiger partial charge in [0.15, 0.2) is 0 Å². The number of carbonyl (C=O) groups is 1. The van der Waals surface area contributed by atoms with Crippen LogP contribution in [0.15, 0.2) is 46.2 Å². The Kier molecular flexibility index (Phi) is 6.17. The number of benzene rings is 2. The average Bonchev–Trinajstić information content (AvgIpc) is 2.67. The minimum absolute atomic E-state index is 0.0840. The van der Waals surface area contributed by atoms with Crippen molar-refractivity contribution < 1.29 is 36.2 Å². The molecule has 3 N–H and O–H groups in total. The first-order chi connectivity index (χ1) is 13.1. The van der Waals surface area contributed by atoms with Crippen molar-refractivity contribution in [1.29, 1.82) is 0 Å². The smallest absolute Gasteiger partial charge is 0.338 e. The van der Waals surface area contributed by atoms with Gasteiger partial charge in [0.1, 0.15) is 17.2 Å². The number of hydrogen-bond donors (Lipinski definition) is 3. The molecule has 12 heteroatoms. The summed E-state index contributed by atoms with van der Waals surface area (Å²) in [4.78, 5) is 10.9. The van der Waals surface area contributed by atoms with Crippen molar-refractivity contribution in [2.75, 3.05) is 26.0 Å². The van der Waals surface area contributed by atoms with E-state index in [9.17, 15) is 26.7 Å². The molecular formula is C16H18N2O8S2. The third-order valence-electron chi connectivity index (χ3n) is 3.69. The van der Waals surface area contributed by atoms with E-state index in [1.165, 1.54) is 45.5 Å². The van der Waals surface area contributed by atoms with Crippen molar-refractivity contribution in [1.82, 2.24) is 4.72 Å². The summed E-state index contributed by atoms with van der Waals surface area (Å²) >= 11 is 0. The van der Waals surface area contributed by atoms with Gasteiger partial charge >= 0.3 is 5.97 Å². The Morgan fingerprint density at radius 3 is 2.07 bits per heavy atom. The molecule has 0 unspecified atom stereocenters. The topological polar surface area (TPSA) is 148 Å². The molecule has 28 heavy (non-hydrogen) atoms. The number of anilines is 1. The summed E-state index contributed by atoms with van der Waals surface area (Å²) in [6.45, 7) is 0. The second-order valence-corrected chi connectivity index (χ2v) is 8.91. The van der Waals surface area contributed by atoms with Crippen LogP contribution < -0.4 is 18.9 Å². The van der Waals surface area contributed by atoms with E-state index in [2.05, 4.69) is 9.44 Å². The molecule has 0 radical (unpaired) electrons. The molecule has 0 aliphatic carbocycles. The molecule has 0 aliphatic rings. The number of rotatable bonds is 8. The second kappa shape index (κ2) is 8.04. The summed E-state index contributed by atoms with van der Waals surface area (Å²) < 4.78 is 63.7. The zero-order valence-corrected chi connectivity index (χ0v) is 16.7. The van der Waals surface area contributed by atoms with E-state index < -0.39 is 31.6 Å².